The molecule has 0 fully saturated rings. The molecule has 13 heavy (non-hydrogen) atoms. The largest absolute Gasteiger partial charge is 0.0991 e. The lowest BCUT2D eigenvalue weighted by Gasteiger charge is -2.12. The molecule has 0 radical (unpaired) electrons. The second kappa shape index (κ2) is 6.71. The minimum atomic E-state index is 0.765. The zero-order valence-corrected chi connectivity index (χ0v) is 9.43. The second-order valence-electron chi connectivity index (χ2n) is 3.62. The predicted octanol–water partition coefficient (Wildman–Crippen LogP) is 4.50. The zero-order valence-electron chi connectivity index (χ0n) is 9.43. The lowest BCUT2D eigenvalue weighted by molar-refractivity contribution is 0.559. The third kappa shape index (κ3) is 4.72. The van der Waals surface area contributed by atoms with E-state index in [0.29, 0.717) is 0 Å². The molecular weight excluding hydrogens is 156 g/mol. The third-order valence-electron chi connectivity index (χ3n) is 2.52. The molecule has 0 aliphatic heterocycles. The molecule has 0 amide bonds. The van der Waals surface area contributed by atoms with Gasteiger partial charge in [0.2, 0.25) is 0 Å². The van der Waals surface area contributed by atoms with E-state index >= 15 is 0 Å². The Bertz CT molecular complexity index is 206. The molecule has 0 aromatic rings. The van der Waals surface area contributed by atoms with E-state index in [-0.39, 0.29) is 0 Å². The van der Waals surface area contributed by atoms with Gasteiger partial charge in [-0.2, -0.15) is 0 Å². The summed E-state index contributed by atoms with van der Waals surface area (Å²) in [4.78, 5) is 0. The molecule has 0 saturated carbocycles. The van der Waals surface area contributed by atoms with Crippen molar-refractivity contribution in [2.45, 2.75) is 40.5 Å². The SMILES string of the molecule is C=C/C=C(CC(C)CC)\C(C)=C/C. The van der Waals surface area contributed by atoms with Crippen molar-refractivity contribution in [3.05, 3.63) is 36.0 Å². The van der Waals surface area contributed by atoms with Crippen molar-refractivity contribution in [3.8, 4) is 0 Å². The molecule has 0 N–H and O–H groups in total. The molecule has 0 aliphatic rings. The molecule has 0 heterocycles. The number of allylic oxidation sites excluding steroid dienone is 5. The number of hydrogen-bond donors (Lipinski definition) is 0. The van der Waals surface area contributed by atoms with Crippen LogP contribution in [0.5, 0.6) is 0 Å². The summed E-state index contributed by atoms with van der Waals surface area (Å²) >= 11 is 0. The average molecular weight is 178 g/mol. The molecule has 74 valence electrons. The zero-order chi connectivity index (χ0) is 10.3. The van der Waals surface area contributed by atoms with Crippen molar-refractivity contribution < 1.29 is 0 Å². The summed E-state index contributed by atoms with van der Waals surface area (Å²) in [5.41, 5.74) is 2.80. The van der Waals surface area contributed by atoms with Crippen LogP contribution in [-0.4, -0.2) is 0 Å². The Balaban J connectivity index is 4.45. The van der Waals surface area contributed by atoms with Gasteiger partial charge in [0.25, 0.3) is 0 Å². The molecular formula is C13H22. The smallest absolute Gasteiger partial charge is 0.0251 e. The van der Waals surface area contributed by atoms with E-state index in [1.165, 1.54) is 24.0 Å². The first-order chi connectivity index (χ1) is 6.15. The Morgan fingerprint density at radius 2 is 2.08 bits per heavy atom. The van der Waals surface area contributed by atoms with Gasteiger partial charge in [-0.3, -0.25) is 0 Å². The Labute approximate surface area is 83.0 Å². The van der Waals surface area contributed by atoms with Crippen LogP contribution in [0, 0.1) is 5.92 Å². The lowest BCUT2D eigenvalue weighted by atomic mass is 9.94. The van der Waals surface area contributed by atoms with Crippen molar-refractivity contribution in [1.29, 1.82) is 0 Å². The first-order valence-electron chi connectivity index (χ1n) is 5.10. The first kappa shape index (κ1) is 12.2. The van der Waals surface area contributed by atoms with Crippen LogP contribution in [0.1, 0.15) is 40.5 Å². The fraction of sp³-hybridized carbons (Fsp3) is 0.538. The highest BCUT2D eigenvalue weighted by Gasteiger charge is 2.04. The predicted molar refractivity (Wildman–Crippen MR) is 61.8 cm³/mol. The number of hydrogen-bond acceptors (Lipinski definition) is 0. The number of rotatable bonds is 5. The van der Waals surface area contributed by atoms with Crippen LogP contribution < -0.4 is 0 Å². The molecule has 0 heteroatoms. The molecule has 0 saturated heterocycles. The standard InChI is InChI=1S/C13H22/c1-6-9-13(12(5)8-3)10-11(4)7-2/h6,8-9,11H,1,7,10H2,2-5H3/b12-8-,13-9-. The second-order valence-corrected chi connectivity index (χ2v) is 3.62. The molecule has 0 spiro atoms. The van der Waals surface area contributed by atoms with Crippen molar-refractivity contribution in [1.82, 2.24) is 0 Å². The normalized spacial score (nSPS) is 15.7. The van der Waals surface area contributed by atoms with Crippen LogP contribution in [0.25, 0.3) is 0 Å². The van der Waals surface area contributed by atoms with Crippen molar-refractivity contribution in [2.24, 2.45) is 5.92 Å². The minimum absolute atomic E-state index is 0.765. The summed E-state index contributed by atoms with van der Waals surface area (Å²) in [7, 11) is 0. The maximum atomic E-state index is 3.75. The fourth-order valence-electron chi connectivity index (χ4n) is 1.21. The summed E-state index contributed by atoms with van der Waals surface area (Å²) in [5.74, 6) is 0.765. The Morgan fingerprint density at radius 3 is 2.46 bits per heavy atom. The van der Waals surface area contributed by atoms with Crippen molar-refractivity contribution in [2.75, 3.05) is 0 Å². The van der Waals surface area contributed by atoms with Crippen LogP contribution in [0.4, 0.5) is 0 Å². The van der Waals surface area contributed by atoms with Gasteiger partial charge in [-0.25, -0.2) is 0 Å². The Hall–Kier alpha value is -0.780. The molecule has 0 aromatic heterocycles. The van der Waals surface area contributed by atoms with E-state index in [1.807, 2.05) is 6.08 Å². The van der Waals surface area contributed by atoms with Gasteiger partial charge in [0.1, 0.15) is 0 Å². The molecule has 1 unspecified atom stereocenters. The van der Waals surface area contributed by atoms with Crippen LogP contribution in [0.3, 0.4) is 0 Å². The van der Waals surface area contributed by atoms with Gasteiger partial charge in [0.15, 0.2) is 0 Å². The highest BCUT2D eigenvalue weighted by Crippen LogP contribution is 2.20. The van der Waals surface area contributed by atoms with Gasteiger partial charge in [-0.05, 0) is 31.8 Å². The molecule has 0 rings (SSSR count). The quantitative estimate of drug-likeness (QED) is 0.544. The van der Waals surface area contributed by atoms with Gasteiger partial charge in [0, 0.05) is 0 Å². The van der Waals surface area contributed by atoms with E-state index in [9.17, 15) is 0 Å². The third-order valence-corrected chi connectivity index (χ3v) is 2.52. The van der Waals surface area contributed by atoms with E-state index in [1.54, 1.807) is 0 Å². The molecule has 0 nitrogen and oxygen atoms in total. The minimum Gasteiger partial charge on any atom is -0.0991 e. The summed E-state index contributed by atoms with van der Waals surface area (Å²) in [6, 6.07) is 0. The average Bonchev–Trinajstić information content (AvgIpc) is 2.15. The summed E-state index contributed by atoms with van der Waals surface area (Å²) in [6.07, 6.45) is 8.58. The first-order valence-corrected chi connectivity index (χ1v) is 5.10. The highest BCUT2D eigenvalue weighted by molar-refractivity contribution is 5.31. The van der Waals surface area contributed by atoms with Gasteiger partial charge in [-0.15, -0.1) is 0 Å². The fourth-order valence-corrected chi connectivity index (χ4v) is 1.21. The maximum absolute atomic E-state index is 3.75. The molecule has 0 bridgehead atoms. The monoisotopic (exact) mass is 178 g/mol. The van der Waals surface area contributed by atoms with E-state index in [0.717, 1.165) is 5.92 Å². The molecule has 0 aromatic carbocycles. The van der Waals surface area contributed by atoms with E-state index in [2.05, 4.69) is 46.4 Å². The summed E-state index contributed by atoms with van der Waals surface area (Å²) in [6.45, 7) is 12.5. The van der Waals surface area contributed by atoms with Gasteiger partial charge in [-0.1, -0.05) is 50.6 Å². The van der Waals surface area contributed by atoms with Gasteiger partial charge in [0.05, 0.1) is 0 Å². The lowest BCUT2D eigenvalue weighted by Crippen LogP contribution is -1.96. The summed E-state index contributed by atoms with van der Waals surface area (Å²) in [5, 5.41) is 0. The van der Waals surface area contributed by atoms with Crippen LogP contribution in [0.2, 0.25) is 0 Å². The van der Waals surface area contributed by atoms with E-state index < -0.39 is 0 Å². The van der Waals surface area contributed by atoms with Crippen LogP contribution >= 0.6 is 0 Å². The topological polar surface area (TPSA) is 0 Å². The van der Waals surface area contributed by atoms with Crippen LogP contribution in [-0.2, 0) is 0 Å². The van der Waals surface area contributed by atoms with Gasteiger partial charge >= 0.3 is 0 Å². The highest BCUT2D eigenvalue weighted by atomic mass is 14.1. The molecule has 1 atom stereocenters. The van der Waals surface area contributed by atoms with Crippen molar-refractivity contribution in [3.63, 3.8) is 0 Å². The summed E-state index contributed by atoms with van der Waals surface area (Å²) < 4.78 is 0. The van der Waals surface area contributed by atoms with Crippen LogP contribution in [0.15, 0.2) is 36.0 Å². The Morgan fingerprint density at radius 1 is 1.46 bits per heavy atom. The molecule has 0 aliphatic carbocycles. The van der Waals surface area contributed by atoms with E-state index in [4.69, 9.17) is 0 Å². The van der Waals surface area contributed by atoms with Crippen molar-refractivity contribution >= 4 is 0 Å². The van der Waals surface area contributed by atoms with Gasteiger partial charge < -0.3 is 0 Å². The Kier molecular flexibility index (Phi) is 6.30. The maximum Gasteiger partial charge on any atom is -0.0251 e.